The summed E-state index contributed by atoms with van der Waals surface area (Å²) in [5.41, 5.74) is 0.444. The minimum atomic E-state index is -0.0192. The van der Waals surface area contributed by atoms with Crippen LogP contribution >= 0.6 is 11.3 Å². The molecule has 122 valence electrons. The largest absolute Gasteiger partial charge is 0.440 e. The van der Waals surface area contributed by atoms with E-state index in [1.807, 2.05) is 29.3 Å². The summed E-state index contributed by atoms with van der Waals surface area (Å²) in [6.45, 7) is 3.07. The molecule has 2 aromatic rings. The van der Waals surface area contributed by atoms with E-state index < -0.39 is 0 Å². The van der Waals surface area contributed by atoms with Crippen LogP contribution in [0.1, 0.15) is 41.9 Å². The molecule has 0 N–H and O–H groups in total. The molecule has 2 aliphatic rings. The lowest BCUT2D eigenvalue weighted by atomic mass is 9.90. The van der Waals surface area contributed by atoms with Gasteiger partial charge in [-0.05, 0) is 31.2 Å². The van der Waals surface area contributed by atoms with Gasteiger partial charge in [0.05, 0.1) is 23.6 Å². The highest BCUT2D eigenvalue weighted by Gasteiger charge is 2.38. The van der Waals surface area contributed by atoms with Gasteiger partial charge in [-0.15, -0.1) is 11.3 Å². The minimum Gasteiger partial charge on any atom is -0.440 e. The first-order valence-electron chi connectivity index (χ1n) is 8.18. The van der Waals surface area contributed by atoms with Crippen LogP contribution in [0.15, 0.2) is 21.9 Å². The fourth-order valence-electron chi connectivity index (χ4n) is 3.59. The van der Waals surface area contributed by atoms with Gasteiger partial charge in [-0.2, -0.15) is 0 Å². The van der Waals surface area contributed by atoms with Crippen LogP contribution in [-0.2, 0) is 4.74 Å². The quantitative estimate of drug-likeness (QED) is 0.845. The molecule has 1 aliphatic carbocycles. The first-order chi connectivity index (χ1) is 11.2. The summed E-state index contributed by atoms with van der Waals surface area (Å²) >= 11 is 1.56. The fraction of sp³-hybridized carbons (Fsp3) is 0.529. The van der Waals surface area contributed by atoms with Gasteiger partial charge in [0.2, 0.25) is 5.89 Å². The van der Waals surface area contributed by atoms with Gasteiger partial charge < -0.3 is 14.1 Å². The summed E-state index contributed by atoms with van der Waals surface area (Å²) in [6.07, 6.45) is 4.60. The van der Waals surface area contributed by atoms with Crippen molar-refractivity contribution in [2.24, 2.45) is 0 Å². The van der Waals surface area contributed by atoms with Crippen molar-refractivity contribution in [1.29, 1.82) is 0 Å². The van der Waals surface area contributed by atoms with Gasteiger partial charge in [-0.25, -0.2) is 4.98 Å². The Morgan fingerprint density at radius 3 is 3.09 bits per heavy atom. The molecule has 0 spiro atoms. The molecular weight excluding hydrogens is 312 g/mol. The van der Waals surface area contributed by atoms with Gasteiger partial charge >= 0.3 is 0 Å². The number of rotatable bonds is 2. The first-order valence-corrected chi connectivity index (χ1v) is 9.06. The normalized spacial score (nSPS) is 24.5. The molecule has 5 nitrogen and oxygen atoms in total. The lowest BCUT2D eigenvalue weighted by Crippen LogP contribution is -2.55. The van der Waals surface area contributed by atoms with Crippen LogP contribution in [0.25, 0.3) is 10.8 Å². The van der Waals surface area contributed by atoms with Crippen LogP contribution in [0.4, 0.5) is 0 Å². The number of amides is 1. The zero-order valence-electron chi connectivity index (χ0n) is 13.2. The molecule has 1 aliphatic heterocycles. The molecule has 2 atom stereocenters. The molecule has 2 fully saturated rings. The van der Waals surface area contributed by atoms with Gasteiger partial charge in [0.25, 0.3) is 5.91 Å². The van der Waals surface area contributed by atoms with E-state index in [1.54, 1.807) is 11.3 Å². The third-order valence-corrected chi connectivity index (χ3v) is 5.58. The molecule has 6 heteroatoms. The van der Waals surface area contributed by atoms with E-state index in [4.69, 9.17) is 9.15 Å². The lowest BCUT2D eigenvalue weighted by molar-refractivity contribution is -0.0754. The summed E-state index contributed by atoms with van der Waals surface area (Å²) < 4.78 is 11.6. The summed E-state index contributed by atoms with van der Waals surface area (Å²) in [7, 11) is 0. The molecule has 2 unspecified atom stereocenters. The number of aromatic nitrogens is 1. The Bertz CT molecular complexity index is 693. The molecule has 1 saturated heterocycles. The molecule has 1 saturated carbocycles. The standard InChI is InChI=1S/C17H20N2O3S/c1-11-15(18-16(22-11)14-7-4-10-23-14)17(20)19-8-9-21-13-6-3-2-5-12(13)19/h4,7,10,12-13H,2-3,5-6,8-9H2,1H3. The van der Waals surface area contributed by atoms with Crippen molar-refractivity contribution in [3.63, 3.8) is 0 Å². The molecular formula is C17H20N2O3S. The highest BCUT2D eigenvalue weighted by molar-refractivity contribution is 7.13. The van der Waals surface area contributed by atoms with Crippen LogP contribution in [0, 0.1) is 6.92 Å². The van der Waals surface area contributed by atoms with E-state index in [-0.39, 0.29) is 18.1 Å². The highest BCUT2D eigenvalue weighted by atomic mass is 32.1. The lowest BCUT2D eigenvalue weighted by Gasteiger charge is -2.43. The maximum Gasteiger partial charge on any atom is 0.276 e. The summed E-state index contributed by atoms with van der Waals surface area (Å²) in [5.74, 6) is 1.11. The average Bonchev–Trinajstić information content (AvgIpc) is 3.23. The second-order valence-corrected chi connectivity index (χ2v) is 7.11. The number of oxazole rings is 1. The Labute approximate surface area is 139 Å². The molecule has 0 radical (unpaired) electrons. The van der Waals surface area contributed by atoms with Crippen molar-refractivity contribution in [1.82, 2.24) is 9.88 Å². The Balaban J connectivity index is 1.61. The molecule has 0 aromatic carbocycles. The van der Waals surface area contributed by atoms with E-state index in [1.165, 1.54) is 6.42 Å². The number of nitrogens with zero attached hydrogens (tertiary/aromatic N) is 2. The van der Waals surface area contributed by atoms with Crippen LogP contribution in [-0.4, -0.2) is 41.1 Å². The van der Waals surface area contributed by atoms with E-state index in [9.17, 15) is 4.79 Å². The van der Waals surface area contributed by atoms with Crippen molar-refractivity contribution >= 4 is 17.2 Å². The van der Waals surface area contributed by atoms with Crippen LogP contribution < -0.4 is 0 Å². The number of thiophene rings is 1. The van der Waals surface area contributed by atoms with Crippen molar-refractivity contribution < 1.29 is 13.9 Å². The van der Waals surface area contributed by atoms with Crippen molar-refractivity contribution in [2.75, 3.05) is 13.2 Å². The van der Waals surface area contributed by atoms with Crippen LogP contribution in [0.3, 0.4) is 0 Å². The maximum absolute atomic E-state index is 13.0. The van der Waals surface area contributed by atoms with Gasteiger partial charge in [-0.1, -0.05) is 18.9 Å². The number of morpholine rings is 1. The van der Waals surface area contributed by atoms with E-state index >= 15 is 0 Å². The first kappa shape index (κ1) is 14.9. The maximum atomic E-state index is 13.0. The molecule has 23 heavy (non-hydrogen) atoms. The van der Waals surface area contributed by atoms with E-state index in [0.29, 0.717) is 30.5 Å². The average molecular weight is 332 g/mol. The third kappa shape index (κ3) is 2.70. The Hall–Kier alpha value is -1.66. The fourth-order valence-corrected chi connectivity index (χ4v) is 4.23. The second-order valence-electron chi connectivity index (χ2n) is 6.16. The third-order valence-electron chi connectivity index (χ3n) is 4.72. The summed E-state index contributed by atoms with van der Waals surface area (Å²) in [4.78, 5) is 20.4. The van der Waals surface area contributed by atoms with E-state index in [0.717, 1.165) is 24.1 Å². The molecule has 3 heterocycles. The van der Waals surface area contributed by atoms with Crippen LogP contribution in [0.5, 0.6) is 0 Å². The number of hydrogen-bond donors (Lipinski definition) is 0. The monoisotopic (exact) mass is 332 g/mol. The number of ether oxygens (including phenoxy) is 1. The van der Waals surface area contributed by atoms with Crippen LogP contribution in [0.2, 0.25) is 0 Å². The van der Waals surface area contributed by atoms with Gasteiger partial charge in [0, 0.05) is 6.54 Å². The molecule has 1 amide bonds. The number of aryl methyl sites for hydroxylation is 1. The van der Waals surface area contributed by atoms with Crippen molar-refractivity contribution in [2.45, 2.75) is 44.8 Å². The molecule has 0 bridgehead atoms. The number of hydrogen-bond acceptors (Lipinski definition) is 5. The number of fused-ring (bicyclic) bond motifs is 1. The van der Waals surface area contributed by atoms with E-state index in [2.05, 4.69) is 4.98 Å². The molecule has 2 aromatic heterocycles. The molecule has 4 rings (SSSR count). The van der Waals surface area contributed by atoms with Gasteiger partial charge in [0.15, 0.2) is 5.69 Å². The summed E-state index contributed by atoms with van der Waals surface area (Å²) in [6, 6.07) is 4.09. The summed E-state index contributed by atoms with van der Waals surface area (Å²) in [5, 5.41) is 1.98. The highest BCUT2D eigenvalue weighted by Crippen LogP contribution is 2.31. The predicted octanol–water partition coefficient (Wildman–Crippen LogP) is 3.50. The zero-order valence-corrected chi connectivity index (χ0v) is 14.0. The van der Waals surface area contributed by atoms with Crippen molar-refractivity contribution in [3.8, 4) is 10.8 Å². The Morgan fingerprint density at radius 2 is 2.26 bits per heavy atom. The smallest absolute Gasteiger partial charge is 0.276 e. The minimum absolute atomic E-state index is 0.0192. The van der Waals surface area contributed by atoms with Gasteiger partial charge in [-0.3, -0.25) is 4.79 Å². The topological polar surface area (TPSA) is 55.6 Å². The zero-order chi connectivity index (χ0) is 15.8. The second kappa shape index (κ2) is 6.09. The van der Waals surface area contributed by atoms with Gasteiger partial charge in [0.1, 0.15) is 5.76 Å². The Morgan fingerprint density at radius 1 is 1.39 bits per heavy atom. The number of carbonyl (C=O) groups is 1. The van der Waals surface area contributed by atoms with Crippen molar-refractivity contribution in [3.05, 3.63) is 29.0 Å². The number of carbonyl (C=O) groups excluding carboxylic acids is 1. The Kier molecular flexibility index (Phi) is 3.95. The predicted molar refractivity (Wildman–Crippen MR) is 87.6 cm³/mol. The SMILES string of the molecule is Cc1oc(-c2cccs2)nc1C(=O)N1CCOC2CCCCC21.